The summed E-state index contributed by atoms with van der Waals surface area (Å²) in [6, 6.07) is 8.54. The van der Waals surface area contributed by atoms with Crippen LogP contribution < -0.4 is 5.32 Å². The number of aliphatic carboxylic acids is 1. The number of hydrogen-bond acceptors (Lipinski definition) is 5. The summed E-state index contributed by atoms with van der Waals surface area (Å²) >= 11 is 2.51. The molecule has 0 aromatic heterocycles. The number of carbonyl (C=O) groups excluding carboxylic acids is 2. The Balaban J connectivity index is 1.44. The van der Waals surface area contributed by atoms with Gasteiger partial charge in [0.15, 0.2) is 5.54 Å². The molecule has 0 spiro atoms. The SMILES string of the molecule is CC12CC1(C(=O)O)N1C(=O)C(NC(=O)Sc3ccccc3)[C@@H]1S2. The lowest BCUT2D eigenvalue weighted by molar-refractivity contribution is -0.162. The van der Waals surface area contributed by atoms with Gasteiger partial charge in [-0.3, -0.25) is 9.59 Å². The minimum Gasteiger partial charge on any atom is -0.479 e. The lowest BCUT2D eigenvalue weighted by Gasteiger charge is -2.45. The summed E-state index contributed by atoms with van der Waals surface area (Å²) in [5, 5.41) is 11.6. The Bertz CT molecular complexity index is 727. The molecule has 3 aliphatic rings. The zero-order valence-corrected chi connectivity index (χ0v) is 13.8. The highest BCUT2D eigenvalue weighted by Crippen LogP contribution is 2.71. The van der Waals surface area contributed by atoms with Crippen molar-refractivity contribution in [2.75, 3.05) is 0 Å². The van der Waals surface area contributed by atoms with E-state index in [-0.39, 0.29) is 16.5 Å². The minimum absolute atomic E-state index is 0.280. The molecule has 3 fully saturated rings. The number of fused-ring (bicyclic) bond motifs is 3. The van der Waals surface area contributed by atoms with Crippen LogP contribution in [0.2, 0.25) is 0 Å². The van der Waals surface area contributed by atoms with E-state index in [0.29, 0.717) is 6.42 Å². The lowest BCUT2D eigenvalue weighted by Crippen LogP contribution is -2.71. The minimum atomic E-state index is -1.08. The van der Waals surface area contributed by atoms with E-state index in [1.165, 1.54) is 16.7 Å². The second-order valence-electron chi connectivity index (χ2n) is 6.11. The Morgan fingerprint density at radius 1 is 1.39 bits per heavy atom. The molecule has 2 heterocycles. The topological polar surface area (TPSA) is 86.7 Å². The summed E-state index contributed by atoms with van der Waals surface area (Å²) in [4.78, 5) is 38.3. The van der Waals surface area contributed by atoms with Crippen molar-refractivity contribution in [3.05, 3.63) is 30.3 Å². The number of thioether (sulfide) groups is 2. The first-order valence-corrected chi connectivity index (χ1v) is 8.86. The van der Waals surface area contributed by atoms with Crippen molar-refractivity contribution in [2.24, 2.45) is 0 Å². The fourth-order valence-electron chi connectivity index (χ4n) is 3.47. The molecule has 1 aliphatic carbocycles. The van der Waals surface area contributed by atoms with Crippen molar-refractivity contribution >= 4 is 40.6 Å². The Morgan fingerprint density at radius 2 is 2.09 bits per heavy atom. The van der Waals surface area contributed by atoms with Gasteiger partial charge in [-0.15, -0.1) is 11.8 Å². The summed E-state index contributed by atoms with van der Waals surface area (Å²) in [7, 11) is 0. The third kappa shape index (κ3) is 1.88. The molecule has 2 N–H and O–H groups in total. The van der Waals surface area contributed by atoms with Gasteiger partial charge in [0.25, 0.3) is 5.24 Å². The van der Waals surface area contributed by atoms with Gasteiger partial charge in [-0.05, 0) is 30.8 Å². The van der Waals surface area contributed by atoms with Gasteiger partial charge < -0.3 is 15.3 Å². The molecule has 2 amide bonds. The van der Waals surface area contributed by atoms with Gasteiger partial charge in [-0.25, -0.2) is 4.79 Å². The molecule has 3 unspecified atom stereocenters. The predicted octanol–water partition coefficient (Wildman–Crippen LogP) is 1.76. The number of amides is 2. The highest BCUT2D eigenvalue weighted by atomic mass is 32.2. The summed E-state index contributed by atoms with van der Waals surface area (Å²) in [6.07, 6.45) is 0.474. The second-order valence-corrected chi connectivity index (χ2v) is 8.78. The molecule has 6 nitrogen and oxygen atoms in total. The molecule has 0 bridgehead atoms. The van der Waals surface area contributed by atoms with Gasteiger partial charge in [0.2, 0.25) is 5.91 Å². The summed E-state index contributed by atoms with van der Waals surface area (Å²) in [5.74, 6) is -1.25. The maximum absolute atomic E-state index is 12.3. The number of carboxylic acids is 1. The normalized spacial score (nSPS) is 36.7. The summed E-state index contributed by atoms with van der Waals surface area (Å²) in [5.41, 5.74) is -1.08. The first-order chi connectivity index (χ1) is 10.9. The lowest BCUT2D eigenvalue weighted by atomic mass is 10.0. The second kappa shape index (κ2) is 4.67. The number of nitrogens with zero attached hydrogens (tertiary/aromatic N) is 1. The average molecular weight is 350 g/mol. The molecule has 1 aromatic carbocycles. The van der Waals surface area contributed by atoms with Crippen LogP contribution in [0, 0.1) is 0 Å². The van der Waals surface area contributed by atoms with Crippen LogP contribution in [0.15, 0.2) is 35.2 Å². The number of hydrogen-bond donors (Lipinski definition) is 2. The van der Waals surface area contributed by atoms with Gasteiger partial charge in [-0.2, -0.15) is 0 Å². The maximum Gasteiger partial charge on any atom is 0.331 e. The van der Waals surface area contributed by atoms with Crippen LogP contribution in [0.3, 0.4) is 0 Å². The van der Waals surface area contributed by atoms with Crippen molar-refractivity contribution in [1.82, 2.24) is 10.2 Å². The average Bonchev–Trinajstić information content (AvgIpc) is 3.04. The van der Waals surface area contributed by atoms with E-state index in [0.717, 1.165) is 16.7 Å². The molecule has 2 aliphatic heterocycles. The number of benzene rings is 1. The predicted molar refractivity (Wildman–Crippen MR) is 86.2 cm³/mol. The number of rotatable bonds is 3. The molecule has 8 heteroatoms. The molecular weight excluding hydrogens is 336 g/mol. The van der Waals surface area contributed by atoms with Crippen molar-refractivity contribution in [3.63, 3.8) is 0 Å². The van der Waals surface area contributed by atoms with Crippen molar-refractivity contribution in [3.8, 4) is 0 Å². The number of carboxylic acid groups (broad SMARTS) is 1. The van der Waals surface area contributed by atoms with Crippen molar-refractivity contribution in [1.29, 1.82) is 0 Å². The van der Waals surface area contributed by atoms with Gasteiger partial charge >= 0.3 is 5.97 Å². The largest absolute Gasteiger partial charge is 0.479 e. The van der Waals surface area contributed by atoms with E-state index in [1.807, 2.05) is 37.3 Å². The van der Waals surface area contributed by atoms with Gasteiger partial charge in [0, 0.05) is 11.3 Å². The standard InChI is InChI=1S/C15H14N2O4S2/c1-14-7-15(14,12(19)20)17-10(18)9(11(17)23-14)16-13(21)22-8-5-3-2-4-6-8/h2-6,9,11H,7H2,1H3,(H,16,21)(H,19,20)/t9?,11-,14?,15?/m0/s1. The Labute approximate surface area is 141 Å². The Kier molecular flexibility index (Phi) is 3.02. The van der Waals surface area contributed by atoms with Crippen LogP contribution in [-0.2, 0) is 9.59 Å². The monoisotopic (exact) mass is 350 g/mol. The third-order valence-corrected chi connectivity index (χ3v) is 7.30. The van der Waals surface area contributed by atoms with Gasteiger partial charge in [0.1, 0.15) is 11.4 Å². The number of nitrogens with one attached hydrogen (secondary N) is 1. The number of carbonyl (C=O) groups is 3. The highest BCUT2D eigenvalue weighted by Gasteiger charge is 2.85. The Morgan fingerprint density at radius 3 is 2.74 bits per heavy atom. The molecule has 0 radical (unpaired) electrons. The molecule has 1 saturated carbocycles. The molecule has 120 valence electrons. The summed E-state index contributed by atoms with van der Waals surface area (Å²) < 4.78 is -0.439. The first kappa shape index (κ1) is 14.9. The van der Waals surface area contributed by atoms with E-state index in [1.54, 1.807) is 0 Å². The van der Waals surface area contributed by atoms with Crippen LogP contribution >= 0.6 is 23.5 Å². The molecule has 2 saturated heterocycles. The Hall–Kier alpha value is -1.67. The zero-order valence-electron chi connectivity index (χ0n) is 12.2. The summed E-state index contributed by atoms with van der Waals surface area (Å²) in [6.45, 7) is 1.87. The van der Waals surface area contributed by atoms with Gasteiger partial charge in [0.05, 0.1) is 4.75 Å². The molecule has 4 atom stereocenters. The maximum atomic E-state index is 12.3. The van der Waals surface area contributed by atoms with E-state index in [2.05, 4.69) is 5.32 Å². The van der Waals surface area contributed by atoms with Gasteiger partial charge in [-0.1, -0.05) is 18.2 Å². The van der Waals surface area contributed by atoms with Crippen LogP contribution in [0.4, 0.5) is 4.79 Å². The third-order valence-electron chi connectivity index (χ3n) is 4.76. The van der Waals surface area contributed by atoms with E-state index >= 15 is 0 Å². The first-order valence-electron chi connectivity index (χ1n) is 7.17. The van der Waals surface area contributed by atoms with Crippen LogP contribution in [-0.4, -0.2) is 48.8 Å². The molecule has 4 rings (SSSR count). The van der Waals surface area contributed by atoms with E-state index < -0.39 is 22.3 Å². The fourth-order valence-corrected chi connectivity index (χ4v) is 6.08. The van der Waals surface area contributed by atoms with Crippen LogP contribution in [0.25, 0.3) is 0 Å². The molecular formula is C15H14N2O4S2. The van der Waals surface area contributed by atoms with E-state index in [9.17, 15) is 19.5 Å². The fraction of sp³-hybridized carbons (Fsp3) is 0.400. The highest BCUT2D eigenvalue weighted by molar-refractivity contribution is 8.13. The van der Waals surface area contributed by atoms with Crippen molar-refractivity contribution in [2.45, 2.75) is 39.9 Å². The smallest absolute Gasteiger partial charge is 0.331 e. The van der Waals surface area contributed by atoms with Crippen LogP contribution in [0.1, 0.15) is 13.3 Å². The van der Waals surface area contributed by atoms with Crippen LogP contribution in [0.5, 0.6) is 0 Å². The van der Waals surface area contributed by atoms with E-state index in [4.69, 9.17) is 0 Å². The quantitative estimate of drug-likeness (QED) is 0.638. The number of β-lactam (4-membered cyclic amide) rings is 1. The molecule has 1 aromatic rings. The zero-order chi connectivity index (χ0) is 16.4. The molecule has 23 heavy (non-hydrogen) atoms. The van der Waals surface area contributed by atoms with Crippen molar-refractivity contribution < 1.29 is 19.5 Å².